The van der Waals surface area contributed by atoms with Crippen LogP contribution in [0.25, 0.3) is 0 Å². The van der Waals surface area contributed by atoms with Crippen molar-refractivity contribution in [2.45, 2.75) is 64.9 Å². The number of hydrogen-bond donors (Lipinski definition) is 1. The van der Waals surface area contributed by atoms with Gasteiger partial charge in [-0.05, 0) is 74.0 Å². The van der Waals surface area contributed by atoms with Crippen molar-refractivity contribution >= 4 is 0 Å². The molecule has 6 atom stereocenters. The quantitative estimate of drug-likeness (QED) is 0.772. The summed E-state index contributed by atoms with van der Waals surface area (Å²) in [5.41, 5.74) is 0. The number of rotatable bonds is 2. The molecule has 0 spiro atoms. The molecule has 17 heavy (non-hydrogen) atoms. The van der Waals surface area contributed by atoms with E-state index in [0.29, 0.717) is 5.92 Å². The van der Waals surface area contributed by atoms with Gasteiger partial charge in [0.25, 0.3) is 0 Å². The second-order valence-electron chi connectivity index (χ2n) is 7.39. The molecule has 1 nitrogen and oxygen atoms in total. The molecular formula is C16H28O. The molecule has 3 aliphatic carbocycles. The average Bonchev–Trinajstić information content (AvgIpc) is 2.91. The fourth-order valence-electron chi connectivity index (χ4n) is 5.11. The SMILES string of the molecule is CC(C)C1CCC(O)C(C2CC3CCC2C3)C1. The van der Waals surface area contributed by atoms with Gasteiger partial charge >= 0.3 is 0 Å². The summed E-state index contributed by atoms with van der Waals surface area (Å²) in [6.45, 7) is 4.72. The highest BCUT2D eigenvalue weighted by Crippen LogP contribution is 2.54. The molecule has 0 aromatic carbocycles. The lowest BCUT2D eigenvalue weighted by Gasteiger charge is -2.41. The van der Waals surface area contributed by atoms with Gasteiger partial charge in [0, 0.05) is 0 Å². The van der Waals surface area contributed by atoms with Crippen molar-refractivity contribution in [3.63, 3.8) is 0 Å². The predicted molar refractivity (Wildman–Crippen MR) is 70.6 cm³/mol. The van der Waals surface area contributed by atoms with Crippen LogP contribution in [0.5, 0.6) is 0 Å². The van der Waals surface area contributed by atoms with Crippen LogP contribution in [-0.4, -0.2) is 11.2 Å². The van der Waals surface area contributed by atoms with Crippen LogP contribution >= 0.6 is 0 Å². The highest BCUT2D eigenvalue weighted by atomic mass is 16.3. The van der Waals surface area contributed by atoms with Crippen molar-refractivity contribution in [1.29, 1.82) is 0 Å². The molecule has 3 saturated carbocycles. The van der Waals surface area contributed by atoms with E-state index < -0.39 is 0 Å². The Hall–Kier alpha value is -0.0400. The molecule has 3 fully saturated rings. The molecule has 3 aliphatic rings. The van der Waals surface area contributed by atoms with Gasteiger partial charge in [-0.3, -0.25) is 0 Å². The highest BCUT2D eigenvalue weighted by Gasteiger charge is 2.46. The summed E-state index contributed by atoms with van der Waals surface area (Å²) in [7, 11) is 0. The van der Waals surface area contributed by atoms with Gasteiger partial charge in [-0.1, -0.05) is 20.3 Å². The second kappa shape index (κ2) is 4.57. The van der Waals surface area contributed by atoms with Gasteiger partial charge in [0.15, 0.2) is 0 Å². The maximum Gasteiger partial charge on any atom is 0.0571 e. The number of aliphatic hydroxyl groups is 1. The number of aliphatic hydroxyl groups excluding tert-OH is 1. The Labute approximate surface area is 106 Å². The lowest BCUT2D eigenvalue weighted by molar-refractivity contribution is -0.00650. The molecule has 0 aliphatic heterocycles. The Morgan fingerprint density at radius 1 is 0.882 bits per heavy atom. The van der Waals surface area contributed by atoms with Gasteiger partial charge in [-0.2, -0.15) is 0 Å². The summed E-state index contributed by atoms with van der Waals surface area (Å²) in [5, 5.41) is 10.4. The van der Waals surface area contributed by atoms with Crippen LogP contribution in [0.1, 0.15) is 58.8 Å². The molecule has 0 radical (unpaired) electrons. The van der Waals surface area contributed by atoms with Gasteiger partial charge in [-0.15, -0.1) is 0 Å². The third-order valence-corrected chi connectivity index (χ3v) is 6.19. The Kier molecular flexibility index (Phi) is 3.23. The molecule has 0 heterocycles. The summed E-state index contributed by atoms with van der Waals surface area (Å²) in [6.07, 6.45) is 9.54. The third-order valence-electron chi connectivity index (χ3n) is 6.19. The maximum atomic E-state index is 10.4. The molecule has 0 saturated heterocycles. The van der Waals surface area contributed by atoms with Crippen LogP contribution in [0, 0.1) is 35.5 Å². The van der Waals surface area contributed by atoms with Gasteiger partial charge in [0.2, 0.25) is 0 Å². The molecule has 6 unspecified atom stereocenters. The highest BCUT2D eigenvalue weighted by molar-refractivity contribution is 4.96. The van der Waals surface area contributed by atoms with Gasteiger partial charge < -0.3 is 5.11 Å². The first-order chi connectivity index (χ1) is 8.15. The molecule has 98 valence electrons. The van der Waals surface area contributed by atoms with E-state index in [2.05, 4.69) is 13.8 Å². The predicted octanol–water partition coefficient (Wildman–Crippen LogP) is 3.86. The first-order valence-electron chi connectivity index (χ1n) is 7.83. The van der Waals surface area contributed by atoms with Gasteiger partial charge in [0.1, 0.15) is 0 Å². The minimum Gasteiger partial charge on any atom is -0.393 e. The van der Waals surface area contributed by atoms with E-state index in [-0.39, 0.29) is 6.10 Å². The van der Waals surface area contributed by atoms with Crippen LogP contribution in [0.4, 0.5) is 0 Å². The molecule has 1 heteroatoms. The third kappa shape index (κ3) is 2.16. The summed E-state index contributed by atoms with van der Waals surface area (Å²) in [5.74, 6) is 5.21. The van der Waals surface area contributed by atoms with E-state index in [4.69, 9.17) is 0 Å². The van der Waals surface area contributed by atoms with Crippen molar-refractivity contribution in [2.24, 2.45) is 35.5 Å². The summed E-state index contributed by atoms with van der Waals surface area (Å²) < 4.78 is 0. The first kappa shape index (κ1) is 12.0. The topological polar surface area (TPSA) is 20.2 Å². The van der Waals surface area contributed by atoms with Crippen molar-refractivity contribution in [3.05, 3.63) is 0 Å². The lowest BCUT2D eigenvalue weighted by atomic mass is 9.66. The average molecular weight is 236 g/mol. The summed E-state index contributed by atoms with van der Waals surface area (Å²) in [6, 6.07) is 0. The smallest absolute Gasteiger partial charge is 0.0571 e. The van der Waals surface area contributed by atoms with E-state index in [9.17, 15) is 5.11 Å². The Morgan fingerprint density at radius 3 is 2.29 bits per heavy atom. The monoisotopic (exact) mass is 236 g/mol. The summed E-state index contributed by atoms with van der Waals surface area (Å²) in [4.78, 5) is 0. The fraction of sp³-hybridized carbons (Fsp3) is 1.00. The minimum absolute atomic E-state index is 0.0225. The van der Waals surface area contributed by atoms with E-state index >= 15 is 0 Å². The molecule has 1 N–H and O–H groups in total. The zero-order valence-electron chi connectivity index (χ0n) is 11.4. The second-order valence-corrected chi connectivity index (χ2v) is 7.39. The van der Waals surface area contributed by atoms with Gasteiger partial charge in [0.05, 0.1) is 6.10 Å². The zero-order chi connectivity index (χ0) is 12.0. The molecule has 3 rings (SSSR count). The summed E-state index contributed by atoms with van der Waals surface area (Å²) >= 11 is 0. The number of hydrogen-bond acceptors (Lipinski definition) is 1. The van der Waals surface area contributed by atoms with E-state index in [1.807, 2.05) is 0 Å². The molecule has 0 amide bonds. The Morgan fingerprint density at radius 2 is 1.71 bits per heavy atom. The van der Waals surface area contributed by atoms with Crippen molar-refractivity contribution in [2.75, 3.05) is 0 Å². The Balaban J connectivity index is 1.68. The number of fused-ring (bicyclic) bond motifs is 2. The molecule has 0 aromatic heterocycles. The van der Waals surface area contributed by atoms with Crippen molar-refractivity contribution < 1.29 is 5.11 Å². The van der Waals surface area contributed by atoms with Crippen LogP contribution in [-0.2, 0) is 0 Å². The van der Waals surface area contributed by atoms with Crippen LogP contribution < -0.4 is 0 Å². The fourth-order valence-corrected chi connectivity index (χ4v) is 5.11. The zero-order valence-corrected chi connectivity index (χ0v) is 11.4. The largest absolute Gasteiger partial charge is 0.393 e. The van der Waals surface area contributed by atoms with Crippen molar-refractivity contribution in [1.82, 2.24) is 0 Å². The van der Waals surface area contributed by atoms with E-state index in [1.165, 1.54) is 38.5 Å². The molecule has 0 aromatic rings. The maximum absolute atomic E-state index is 10.4. The van der Waals surface area contributed by atoms with Crippen LogP contribution in [0.15, 0.2) is 0 Å². The van der Waals surface area contributed by atoms with Crippen molar-refractivity contribution in [3.8, 4) is 0 Å². The molecular weight excluding hydrogens is 208 g/mol. The van der Waals surface area contributed by atoms with Crippen LogP contribution in [0.3, 0.4) is 0 Å². The standard InChI is InChI=1S/C16H28O/c1-10(2)12-5-6-16(17)15(9-12)14-8-11-3-4-13(14)7-11/h10-17H,3-9H2,1-2H3. The van der Waals surface area contributed by atoms with E-state index in [1.54, 1.807) is 0 Å². The molecule has 2 bridgehead atoms. The minimum atomic E-state index is 0.0225. The normalized spacial score (nSPS) is 50.1. The van der Waals surface area contributed by atoms with Gasteiger partial charge in [-0.25, -0.2) is 0 Å². The Bertz CT molecular complexity index is 273. The van der Waals surface area contributed by atoms with E-state index in [0.717, 1.165) is 36.0 Å². The van der Waals surface area contributed by atoms with Crippen LogP contribution in [0.2, 0.25) is 0 Å². The first-order valence-corrected chi connectivity index (χ1v) is 7.83. The lowest BCUT2D eigenvalue weighted by Crippen LogP contribution is -2.37.